The predicted molar refractivity (Wildman–Crippen MR) is 106 cm³/mol. The summed E-state index contributed by atoms with van der Waals surface area (Å²) < 4.78 is 43.1. The van der Waals surface area contributed by atoms with E-state index in [0.717, 1.165) is 6.07 Å². The molecule has 2 rings (SSSR count). The number of halogens is 2. The molecule has 2 aromatic carbocycles. The molecular weight excluding hydrogens is 368 g/mol. The Kier molecular flexibility index (Phi) is 7.86. The molecule has 0 amide bonds. The monoisotopic (exact) mass is 393 g/mol. The van der Waals surface area contributed by atoms with Crippen LogP contribution < -0.4 is 24.8 Å². The largest absolute Gasteiger partial charge is 0.493 e. The van der Waals surface area contributed by atoms with Gasteiger partial charge in [-0.25, -0.2) is 8.78 Å². The van der Waals surface area contributed by atoms with E-state index in [1.54, 1.807) is 18.2 Å². The lowest BCUT2D eigenvalue weighted by molar-refractivity contribution is 0.324. The van der Waals surface area contributed by atoms with E-state index in [1.807, 2.05) is 6.92 Å². The summed E-state index contributed by atoms with van der Waals surface area (Å²) in [6.45, 7) is 2.84. The molecule has 0 radical (unpaired) electrons. The number of methoxy groups -OCH3 is 3. The van der Waals surface area contributed by atoms with Gasteiger partial charge in [0.05, 0.1) is 21.3 Å². The van der Waals surface area contributed by atoms with Gasteiger partial charge in [-0.2, -0.15) is 0 Å². The number of aliphatic imine (C=N–C) groups is 1. The van der Waals surface area contributed by atoms with E-state index in [1.165, 1.54) is 27.4 Å². The van der Waals surface area contributed by atoms with Crippen LogP contribution in [0.25, 0.3) is 0 Å². The van der Waals surface area contributed by atoms with Crippen molar-refractivity contribution in [2.45, 2.75) is 13.3 Å². The maximum atomic E-state index is 13.8. The molecule has 8 heteroatoms. The van der Waals surface area contributed by atoms with Gasteiger partial charge in [0.15, 0.2) is 29.1 Å². The van der Waals surface area contributed by atoms with Crippen molar-refractivity contribution < 1.29 is 23.0 Å². The van der Waals surface area contributed by atoms with Crippen LogP contribution in [0.1, 0.15) is 12.5 Å². The number of benzene rings is 2. The van der Waals surface area contributed by atoms with Crippen molar-refractivity contribution in [2.75, 3.05) is 39.7 Å². The molecule has 0 spiro atoms. The lowest BCUT2D eigenvalue weighted by atomic mass is 10.1. The zero-order valence-corrected chi connectivity index (χ0v) is 16.4. The number of ether oxygens (including phenoxy) is 3. The zero-order chi connectivity index (χ0) is 20.5. The lowest BCUT2D eigenvalue weighted by Gasteiger charge is -2.16. The molecule has 28 heavy (non-hydrogen) atoms. The molecule has 0 aliphatic heterocycles. The highest BCUT2D eigenvalue weighted by atomic mass is 19.2. The number of hydrogen-bond acceptors (Lipinski definition) is 4. The maximum Gasteiger partial charge on any atom is 0.203 e. The summed E-state index contributed by atoms with van der Waals surface area (Å²) in [6, 6.07) is 7.63. The lowest BCUT2D eigenvalue weighted by Crippen LogP contribution is -2.31. The summed E-state index contributed by atoms with van der Waals surface area (Å²) in [7, 11) is 4.60. The molecule has 0 bridgehead atoms. The molecule has 152 valence electrons. The van der Waals surface area contributed by atoms with E-state index < -0.39 is 11.6 Å². The summed E-state index contributed by atoms with van der Waals surface area (Å²) in [5, 5.41) is 6.25. The minimum absolute atomic E-state index is 0.273. The van der Waals surface area contributed by atoms with E-state index in [4.69, 9.17) is 14.2 Å². The molecule has 2 N–H and O–H groups in total. The summed E-state index contributed by atoms with van der Waals surface area (Å²) in [5.41, 5.74) is 0.957. The van der Waals surface area contributed by atoms with Crippen molar-refractivity contribution in [2.24, 2.45) is 4.99 Å². The molecule has 0 atom stereocenters. The highest BCUT2D eigenvalue weighted by Gasteiger charge is 2.14. The number of hydrogen-bond donors (Lipinski definition) is 2. The van der Waals surface area contributed by atoms with Crippen molar-refractivity contribution in [3.05, 3.63) is 47.5 Å². The van der Waals surface area contributed by atoms with Crippen molar-refractivity contribution >= 4 is 11.6 Å². The first kappa shape index (κ1) is 21.3. The van der Waals surface area contributed by atoms with Crippen LogP contribution in [-0.4, -0.2) is 40.4 Å². The maximum absolute atomic E-state index is 13.8. The topological polar surface area (TPSA) is 64.1 Å². The van der Waals surface area contributed by atoms with Crippen LogP contribution in [0.5, 0.6) is 17.2 Å². The van der Waals surface area contributed by atoms with Crippen LogP contribution in [0, 0.1) is 11.6 Å². The van der Waals surface area contributed by atoms with E-state index >= 15 is 0 Å². The van der Waals surface area contributed by atoms with Crippen LogP contribution >= 0.6 is 0 Å². The molecule has 0 heterocycles. The Balaban J connectivity index is 2.17. The first-order valence-electron chi connectivity index (χ1n) is 8.82. The standard InChI is InChI=1S/C20H25F2N3O3/c1-5-23-20(24-10-9-13-7-6-8-15(21)18(13)22)25-14-11-16(26-2)19(28-4)17(12-14)27-3/h6-8,11-12H,5,9-10H2,1-4H3,(H2,23,24,25). The first-order valence-corrected chi connectivity index (χ1v) is 8.82. The molecule has 0 aliphatic rings. The third kappa shape index (κ3) is 5.25. The fraction of sp³-hybridized carbons (Fsp3) is 0.350. The van der Waals surface area contributed by atoms with Crippen molar-refractivity contribution in [3.8, 4) is 17.2 Å². The second-order valence-corrected chi connectivity index (χ2v) is 5.76. The van der Waals surface area contributed by atoms with E-state index in [0.29, 0.717) is 35.4 Å². The summed E-state index contributed by atoms with van der Waals surface area (Å²) >= 11 is 0. The van der Waals surface area contributed by atoms with Gasteiger partial charge < -0.3 is 24.8 Å². The Bertz CT molecular complexity index is 803. The minimum Gasteiger partial charge on any atom is -0.493 e. The molecule has 0 aliphatic carbocycles. The molecular formula is C20H25F2N3O3. The zero-order valence-electron chi connectivity index (χ0n) is 16.4. The van der Waals surface area contributed by atoms with Gasteiger partial charge in [0.25, 0.3) is 0 Å². The van der Waals surface area contributed by atoms with Gasteiger partial charge >= 0.3 is 0 Å². The highest BCUT2D eigenvalue weighted by molar-refractivity contribution is 5.94. The number of guanidine groups is 1. The van der Waals surface area contributed by atoms with Gasteiger partial charge in [-0.05, 0) is 25.0 Å². The smallest absolute Gasteiger partial charge is 0.203 e. The number of nitrogens with one attached hydrogen (secondary N) is 2. The average molecular weight is 393 g/mol. The highest BCUT2D eigenvalue weighted by Crippen LogP contribution is 2.39. The first-order chi connectivity index (χ1) is 13.5. The fourth-order valence-corrected chi connectivity index (χ4v) is 2.63. The van der Waals surface area contributed by atoms with E-state index in [2.05, 4.69) is 15.6 Å². The van der Waals surface area contributed by atoms with Crippen LogP contribution in [0.2, 0.25) is 0 Å². The Hall–Kier alpha value is -3.03. The molecule has 0 aromatic heterocycles. The van der Waals surface area contributed by atoms with Gasteiger partial charge in [0, 0.05) is 30.9 Å². The SMILES string of the molecule is CCNC(=NCCc1cccc(F)c1F)Nc1cc(OC)c(OC)c(OC)c1. The minimum atomic E-state index is -0.857. The summed E-state index contributed by atoms with van der Waals surface area (Å²) in [5.74, 6) is 0.293. The van der Waals surface area contributed by atoms with Gasteiger partial charge in [-0.1, -0.05) is 12.1 Å². The molecule has 0 saturated heterocycles. The van der Waals surface area contributed by atoms with Crippen LogP contribution in [0.15, 0.2) is 35.3 Å². The number of anilines is 1. The molecule has 0 unspecified atom stereocenters. The van der Waals surface area contributed by atoms with Crippen molar-refractivity contribution in [1.29, 1.82) is 0 Å². The third-order valence-electron chi connectivity index (χ3n) is 3.95. The van der Waals surface area contributed by atoms with E-state index in [9.17, 15) is 8.78 Å². The predicted octanol–water partition coefficient (Wildman–Crippen LogP) is 3.61. The molecule has 0 saturated carbocycles. The third-order valence-corrected chi connectivity index (χ3v) is 3.95. The van der Waals surface area contributed by atoms with Crippen molar-refractivity contribution in [3.63, 3.8) is 0 Å². The second-order valence-electron chi connectivity index (χ2n) is 5.76. The van der Waals surface area contributed by atoms with Gasteiger partial charge in [-0.15, -0.1) is 0 Å². The Labute approximate surface area is 163 Å². The van der Waals surface area contributed by atoms with Gasteiger partial charge in [0.2, 0.25) is 5.75 Å². The van der Waals surface area contributed by atoms with Crippen LogP contribution in [-0.2, 0) is 6.42 Å². The normalized spacial score (nSPS) is 11.1. The van der Waals surface area contributed by atoms with Crippen molar-refractivity contribution in [1.82, 2.24) is 5.32 Å². The molecule has 6 nitrogen and oxygen atoms in total. The molecule has 0 fully saturated rings. The summed E-state index contributed by atoms with van der Waals surface area (Å²) in [4.78, 5) is 4.42. The van der Waals surface area contributed by atoms with Crippen LogP contribution in [0.3, 0.4) is 0 Å². The van der Waals surface area contributed by atoms with E-state index in [-0.39, 0.29) is 18.5 Å². The van der Waals surface area contributed by atoms with Gasteiger partial charge in [0.1, 0.15) is 0 Å². The Morgan fingerprint density at radius 1 is 1.04 bits per heavy atom. The Morgan fingerprint density at radius 3 is 2.29 bits per heavy atom. The fourth-order valence-electron chi connectivity index (χ4n) is 2.63. The molecule has 2 aromatic rings. The average Bonchev–Trinajstić information content (AvgIpc) is 2.70. The Morgan fingerprint density at radius 2 is 1.71 bits per heavy atom. The summed E-state index contributed by atoms with van der Waals surface area (Å²) in [6.07, 6.45) is 0.273. The van der Waals surface area contributed by atoms with Gasteiger partial charge in [-0.3, -0.25) is 4.99 Å². The second kappa shape index (κ2) is 10.3. The number of rotatable bonds is 8. The van der Waals surface area contributed by atoms with Crippen LogP contribution in [0.4, 0.5) is 14.5 Å². The number of nitrogens with zero attached hydrogens (tertiary/aromatic N) is 1. The quantitative estimate of drug-likeness (QED) is 0.530.